The van der Waals surface area contributed by atoms with Crippen LogP contribution in [0.4, 0.5) is 5.69 Å². The minimum atomic E-state index is -0.512. The fourth-order valence-electron chi connectivity index (χ4n) is 2.58. The number of nitrogens with zero attached hydrogens (tertiary/aromatic N) is 1. The third-order valence-corrected chi connectivity index (χ3v) is 4.24. The van der Waals surface area contributed by atoms with E-state index in [-0.39, 0.29) is 18.4 Å². The van der Waals surface area contributed by atoms with Crippen LogP contribution in [0.2, 0.25) is 5.02 Å². The second kappa shape index (κ2) is 10.4. The van der Waals surface area contributed by atoms with Gasteiger partial charge in [0.2, 0.25) is 0 Å². The molecule has 0 bridgehead atoms. The van der Waals surface area contributed by atoms with Crippen LogP contribution in [0.25, 0.3) is 0 Å². The third-order valence-electron chi connectivity index (χ3n) is 3.93. The van der Waals surface area contributed by atoms with E-state index in [0.717, 1.165) is 18.5 Å². The van der Waals surface area contributed by atoms with Crippen molar-refractivity contribution in [1.82, 2.24) is 5.32 Å². The van der Waals surface area contributed by atoms with E-state index in [2.05, 4.69) is 24.5 Å². The summed E-state index contributed by atoms with van der Waals surface area (Å²) in [6.07, 6.45) is 2.29. The standard InChI is InChI=1S/C20H30ClN3O2/c1-6-15(7-2)23-13-17(11-19(25)26-20(3,4)5)24-16-9-8-14(12-22)18(21)10-16/h8-10,15,17,23-24H,6-7,11,13H2,1-5H3/t17-/m0/s1. The lowest BCUT2D eigenvalue weighted by Gasteiger charge is -2.25. The van der Waals surface area contributed by atoms with Crippen LogP contribution in [0.15, 0.2) is 18.2 Å². The fraction of sp³-hybridized carbons (Fsp3) is 0.600. The predicted octanol–water partition coefficient (Wildman–Crippen LogP) is 4.50. The van der Waals surface area contributed by atoms with Crippen LogP contribution in [0.5, 0.6) is 0 Å². The summed E-state index contributed by atoms with van der Waals surface area (Å²) in [5.74, 6) is -0.249. The molecule has 6 heteroatoms. The Morgan fingerprint density at radius 1 is 1.27 bits per heavy atom. The average molecular weight is 380 g/mol. The highest BCUT2D eigenvalue weighted by molar-refractivity contribution is 6.32. The number of carbonyl (C=O) groups excluding carboxylic acids is 1. The zero-order chi connectivity index (χ0) is 19.7. The molecule has 26 heavy (non-hydrogen) atoms. The molecule has 0 saturated heterocycles. The number of rotatable bonds is 9. The van der Waals surface area contributed by atoms with E-state index in [1.54, 1.807) is 18.2 Å². The van der Waals surface area contributed by atoms with Crippen LogP contribution >= 0.6 is 11.6 Å². The van der Waals surface area contributed by atoms with E-state index in [4.69, 9.17) is 21.6 Å². The van der Waals surface area contributed by atoms with Crippen LogP contribution in [0.3, 0.4) is 0 Å². The Morgan fingerprint density at radius 2 is 1.92 bits per heavy atom. The molecule has 1 aromatic carbocycles. The SMILES string of the molecule is CCC(CC)NC[C@H](CC(=O)OC(C)(C)C)Nc1ccc(C#N)c(Cl)c1. The van der Waals surface area contributed by atoms with E-state index in [9.17, 15) is 4.79 Å². The van der Waals surface area contributed by atoms with Crippen molar-refractivity contribution in [1.29, 1.82) is 5.26 Å². The van der Waals surface area contributed by atoms with Gasteiger partial charge in [-0.25, -0.2) is 0 Å². The van der Waals surface area contributed by atoms with Crippen molar-refractivity contribution in [2.24, 2.45) is 0 Å². The van der Waals surface area contributed by atoms with Crippen LogP contribution in [-0.2, 0) is 9.53 Å². The maximum absolute atomic E-state index is 12.3. The Bertz CT molecular complexity index is 631. The first kappa shape index (κ1) is 22.3. The predicted molar refractivity (Wildman–Crippen MR) is 106 cm³/mol. The summed E-state index contributed by atoms with van der Waals surface area (Å²) < 4.78 is 5.45. The van der Waals surface area contributed by atoms with Gasteiger partial charge in [-0.05, 0) is 51.8 Å². The van der Waals surface area contributed by atoms with E-state index in [1.807, 2.05) is 26.8 Å². The van der Waals surface area contributed by atoms with Crippen molar-refractivity contribution in [2.75, 3.05) is 11.9 Å². The van der Waals surface area contributed by atoms with Crippen LogP contribution in [0.1, 0.15) is 59.4 Å². The number of ether oxygens (including phenoxy) is 1. The van der Waals surface area contributed by atoms with Gasteiger partial charge in [0.1, 0.15) is 11.7 Å². The summed E-state index contributed by atoms with van der Waals surface area (Å²) in [6, 6.07) is 7.48. The largest absolute Gasteiger partial charge is 0.460 e. The molecule has 0 radical (unpaired) electrons. The fourth-order valence-corrected chi connectivity index (χ4v) is 2.80. The molecule has 2 N–H and O–H groups in total. The molecule has 0 aromatic heterocycles. The number of esters is 1. The highest BCUT2D eigenvalue weighted by Crippen LogP contribution is 2.21. The summed E-state index contributed by atoms with van der Waals surface area (Å²) >= 11 is 6.11. The van der Waals surface area contributed by atoms with Crippen molar-refractivity contribution in [3.05, 3.63) is 28.8 Å². The first-order chi connectivity index (χ1) is 12.2. The van der Waals surface area contributed by atoms with E-state index < -0.39 is 5.60 Å². The van der Waals surface area contributed by atoms with Crippen molar-refractivity contribution in [3.63, 3.8) is 0 Å². The molecule has 5 nitrogen and oxygen atoms in total. The lowest BCUT2D eigenvalue weighted by atomic mass is 10.1. The lowest BCUT2D eigenvalue weighted by Crippen LogP contribution is -2.40. The van der Waals surface area contributed by atoms with Gasteiger partial charge in [-0.15, -0.1) is 0 Å². The first-order valence-corrected chi connectivity index (χ1v) is 9.47. The van der Waals surface area contributed by atoms with Crippen molar-refractivity contribution in [3.8, 4) is 6.07 Å². The number of anilines is 1. The number of nitriles is 1. The zero-order valence-corrected chi connectivity index (χ0v) is 17.1. The molecule has 0 unspecified atom stereocenters. The number of halogens is 1. The topological polar surface area (TPSA) is 74.2 Å². The van der Waals surface area contributed by atoms with Gasteiger partial charge in [-0.1, -0.05) is 25.4 Å². The monoisotopic (exact) mass is 379 g/mol. The van der Waals surface area contributed by atoms with Crippen LogP contribution < -0.4 is 10.6 Å². The highest BCUT2D eigenvalue weighted by atomic mass is 35.5. The van der Waals surface area contributed by atoms with Gasteiger partial charge < -0.3 is 15.4 Å². The molecule has 0 aliphatic rings. The number of nitrogens with one attached hydrogen (secondary N) is 2. The molecular formula is C20H30ClN3O2. The third kappa shape index (κ3) is 8.07. The molecule has 1 atom stereocenters. The van der Waals surface area contributed by atoms with Gasteiger partial charge in [0.15, 0.2) is 0 Å². The second-order valence-corrected chi connectivity index (χ2v) is 7.77. The molecule has 0 aliphatic carbocycles. The van der Waals surface area contributed by atoms with E-state index in [1.165, 1.54) is 0 Å². The molecule has 0 fully saturated rings. The second-order valence-electron chi connectivity index (χ2n) is 7.36. The first-order valence-electron chi connectivity index (χ1n) is 9.09. The molecule has 0 heterocycles. The Hall–Kier alpha value is -1.77. The molecular weight excluding hydrogens is 350 g/mol. The summed E-state index contributed by atoms with van der Waals surface area (Å²) in [7, 11) is 0. The minimum Gasteiger partial charge on any atom is -0.460 e. The summed E-state index contributed by atoms with van der Waals surface area (Å²) in [5, 5.41) is 16.2. The molecule has 0 aliphatic heterocycles. The maximum Gasteiger partial charge on any atom is 0.308 e. The number of hydrogen-bond donors (Lipinski definition) is 2. The van der Waals surface area contributed by atoms with Crippen molar-refractivity contribution >= 4 is 23.3 Å². The van der Waals surface area contributed by atoms with E-state index >= 15 is 0 Å². The Kier molecular flexibility index (Phi) is 8.91. The van der Waals surface area contributed by atoms with Crippen molar-refractivity contribution < 1.29 is 9.53 Å². The minimum absolute atomic E-state index is 0.144. The Labute approximate surface area is 162 Å². The van der Waals surface area contributed by atoms with Gasteiger partial charge in [0.25, 0.3) is 0 Å². The normalized spacial score (nSPS) is 12.5. The van der Waals surface area contributed by atoms with Crippen molar-refractivity contribution in [2.45, 2.75) is 71.6 Å². The van der Waals surface area contributed by atoms with Gasteiger partial charge >= 0.3 is 5.97 Å². The average Bonchev–Trinajstić information content (AvgIpc) is 2.54. The molecule has 1 aromatic rings. The summed E-state index contributed by atoms with van der Waals surface area (Å²) in [5.41, 5.74) is 0.687. The molecule has 0 saturated carbocycles. The summed E-state index contributed by atoms with van der Waals surface area (Å²) in [4.78, 5) is 12.3. The van der Waals surface area contributed by atoms with E-state index in [0.29, 0.717) is 23.2 Å². The van der Waals surface area contributed by atoms with Crippen LogP contribution in [0, 0.1) is 11.3 Å². The number of hydrogen-bond acceptors (Lipinski definition) is 5. The molecule has 0 spiro atoms. The van der Waals surface area contributed by atoms with Gasteiger partial charge in [-0.3, -0.25) is 4.79 Å². The molecule has 0 amide bonds. The number of benzene rings is 1. The number of carbonyl (C=O) groups is 1. The lowest BCUT2D eigenvalue weighted by molar-refractivity contribution is -0.155. The van der Waals surface area contributed by atoms with Crippen LogP contribution in [-0.4, -0.2) is 30.2 Å². The quantitative estimate of drug-likeness (QED) is 0.618. The van der Waals surface area contributed by atoms with Gasteiger partial charge in [0, 0.05) is 24.3 Å². The molecule has 144 valence electrons. The van der Waals surface area contributed by atoms with Gasteiger partial charge in [0.05, 0.1) is 17.0 Å². The Balaban J connectivity index is 2.83. The molecule has 1 rings (SSSR count). The smallest absolute Gasteiger partial charge is 0.308 e. The van der Waals surface area contributed by atoms with Gasteiger partial charge in [-0.2, -0.15) is 5.26 Å². The zero-order valence-electron chi connectivity index (χ0n) is 16.4. The summed E-state index contributed by atoms with van der Waals surface area (Å²) in [6.45, 7) is 10.5. The highest BCUT2D eigenvalue weighted by Gasteiger charge is 2.21. The Morgan fingerprint density at radius 3 is 2.42 bits per heavy atom. The maximum atomic E-state index is 12.3.